The van der Waals surface area contributed by atoms with E-state index in [1.54, 1.807) is 6.08 Å². The molecule has 1 unspecified atom stereocenters. The second-order valence-electron chi connectivity index (χ2n) is 5.68. The van der Waals surface area contributed by atoms with E-state index in [0.29, 0.717) is 6.42 Å². The van der Waals surface area contributed by atoms with Crippen molar-refractivity contribution >= 4 is 8.32 Å². The van der Waals surface area contributed by atoms with Crippen LogP contribution in [0, 0.1) is 0 Å². The van der Waals surface area contributed by atoms with Gasteiger partial charge in [-0.1, -0.05) is 26.8 Å². The topological polar surface area (TPSA) is 29.5 Å². The fraction of sp³-hybridized carbons (Fsp3) is 0.833. The highest BCUT2D eigenvalue weighted by Crippen LogP contribution is 2.37. The van der Waals surface area contributed by atoms with Gasteiger partial charge in [-0.2, -0.15) is 0 Å². The van der Waals surface area contributed by atoms with Crippen molar-refractivity contribution in [3.8, 4) is 0 Å². The maximum absolute atomic E-state index is 9.77. The molecule has 1 N–H and O–H groups in total. The lowest BCUT2D eigenvalue weighted by atomic mass is 10.2. The number of aliphatic hydroxyl groups excluding tert-OH is 1. The van der Waals surface area contributed by atoms with Crippen molar-refractivity contribution in [3.05, 3.63) is 12.7 Å². The van der Waals surface area contributed by atoms with E-state index in [9.17, 15) is 5.11 Å². The van der Waals surface area contributed by atoms with Gasteiger partial charge < -0.3 is 9.53 Å². The van der Waals surface area contributed by atoms with Gasteiger partial charge in [-0.3, -0.25) is 0 Å². The van der Waals surface area contributed by atoms with Crippen LogP contribution in [0.5, 0.6) is 0 Å². The molecule has 2 nitrogen and oxygen atoms in total. The van der Waals surface area contributed by atoms with E-state index in [1.165, 1.54) is 0 Å². The van der Waals surface area contributed by atoms with Crippen molar-refractivity contribution < 1.29 is 9.53 Å². The van der Waals surface area contributed by atoms with Crippen LogP contribution in [0.15, 0.2) is 12.7 Å². The molecule has 0 aromatic carbocycles. The summed E-state index contributed by atoms with van der Waals surface area (Å²) in [6.45, 7) is 16.6. The summed E-state index contributed by atoms with van der Waals surface area (Å²) in [7, 11) is -1.75. The first-order chi connectivity index (χ1) is 6.62. The molecule has 0 aliphatic heterocycles. The molecule has 0 aliphatic carbocycles. The molecule has 0 fully saturated rings. The van der Waals surface area contributed by atoms with Crippen LogP contribution in [0.1, 0.15) is 34.1 Å². The minimum Gasteiger partial charge on any atom is -0.412 e. The van der Waals surface area contributed by atoms with E-state index in [2.05, 4.69) is 40.4 Å². The minimum absolute atomic E-state index is 0.108. The zero-order chi connectivity index (χ0) is 12.3. The van der Waals surface area contributed by atoms with Gasteiger partial charge in [0.1, 0.15) is 0 Å². The van der Waals surface area contributed by atoms with Gasteiger partial charge in [0, 0.05) is 0 Å². The number of aliphatic hydroxyl groups is 1. The summed E-state index contributed by atoms with van der Waals surface area (Å²) < 4.78 is 6.06. The van der Waals surface area contributed by atoms with Crippen LogP contribution < -0.4 is 0 Å². The van der Waals surface area contributed by atoms with E-state index in [-0.39, 0.29) is 11.1 Å². The number of hydrogen-bond acceptors (Lipinski definition) is 2. The first-order valence-electron chi connectivity index (χ1n) is 5.58. The Balaban J connectivity index is 4.39. The zero-order valence-electron chi connectivity index (χ0n) is 11.0. The van der Waals surface area contributed by atoms with Crippen LogP contribution in [0.4, 0.5) is 0 Å². The van der Waals surface area contributed by atoms with E-state index >= 15 is 0 Å². The molecule has 0 radical (unpaired) electrons. The van der Waals surface area contributed by atoms with Crippen molar-refractivity contribution in [2.24, 2.45) is 0 Å². The standard InChI is InChI=1S/C12H26O2Si/c1-8-9-11(13)10(2)14-15(6,7)12(3,4)5/h8,10-11,13H,1,9H2,2-7H3/t10-,11?/m0/s1. The molecule has 90 valence electrons. The second-order valence-corrected chi connectivity index (χ2v) is 10.4. The molecule has 0 amide bonds. The maximum atomic E-state index is 9.77. The molecule has 3 heteroatoms. The first-order valence-corrected chi connectivity index (χ1v) is 8.49. The summed E-state index contributed by atoms with van der Waals surface area (Å²) in [5, 5.41) is 9.96. The predicted molar refractivity (Wildman–Crippen MR) is 68.6 cm³/mol. The average molecular weight is 230 g/mol. The lowest BCUT2D eigenvalue weighted by Crippen LogP contribution is -2.46. The van der Waals surface area contributed by atoms with Crippen molar-refractivity contribution in [1.82, 2.24) is 0 Å². The van der Waals surface area contributed by atoms with Gasteiger partial charge in [-0.25, -0.2) is 0 Å². The second kappa shape index (κ2) is 5.28. The summed E-state index contributed by atoms with van der Waals surface area (Å²) in [4.78, 5) is 0. The highest BCUT2D eigenvalue weighted by atomic mass is 28.4. The molecule has 0 heterocycles. The minimum atomic E-state index is -1.75. The smallest absolute Gasteiger partial charge is 0.192 e. The van der Waals surface area contributed by atoms with Gasteiger partial charge >= 0.3 is 0 Å². The third-order valence-electron chi connectivity index (χ3n) is 3.24. The summed E-state index contributed by atoms with van der Waals surface area (Å²) in [6, 6.07) is 0. The highest BCUT2D eigenvalue weighted by molar-refractivity contribution is 6.74. The fourth-order valence-corrected chi connectivity index (χ4v) is 2.52. The Morgan fingerprint density at radius 3 is 2.20 bits per heavy atom. The van der Waals surface area contributed by atoms with Crippen LogP contribution >= 0.6 is 0 Å². The highest BCUT2D eigenvalue weighted by Gasteiger charge is 2.39. The summed E-state index contributed by atoms with van der Waals surface area (Å²) in [6.07, 6.45) is 1.78. The molecule has 0 aliphatic rings. The molecule has 0 spiro atoms. The van der Waals surface area contributed by atoms with Gasteiger partial charge in [0.2, 0.25) is 0 Å². The fourth-order valence-electron chi connectivity index (χ4n) is 1.08. The Morgan fingerprint density at radius 1 is 1.40 bits per heavy atom. The van der Waals surface area contributed by atoms with Gasteiger partial charge in [0.25, 0.3) is 0 Å². The van der Waals surface area contributed by atoms with Crippen molar-refractivity contribution in [2.75, 3.05) is 0 Å². The van der Waals surface area contributed by atoms with Crippen molar-refractivity contribution in [3.63, 3.8) is 0 Å². The lowest BCUT2D eigenvalue weighted by molar-refractivity contribution is 0.0410. The Hall–Kier alpha value is -0.123. The molecule has 0 aromatic heterocycles. The Labute approximate surface area is 95.5 Å². The van der Waals surface area contributed by atoms with Crippen molar-refractivity contribution in [2.45, 2.75) is 64.5 Å². The normalized spacial score (nSPS) is 17.3. The quantitative estimate of drug-likeness (QED) is 0.580. The van der Waals surface area contributed by atoms with Crippen LogP contribution in [-0.4, -0.2) is 25.6 Å². The van der Waals surface area contributed by atoms with Crippen molar-refractivity contribution in [1.29, 1.82) is 0 Å². The number of rotatable bonds is 5. The average Bonchev–Trinajstić information content (AvgIpc) is 2.01. The van der Waals surface area contributed by atoms with Crippen LogP contribution in [0.2, 0.25) is 18.1 Å². The molecule has 0 saturated heterocycles. The molecule has 15 heavy (non-hydrogen) atoms. The van der Waals surface area contributed by atoms with Crippen LogP contribution in [-0.2, 0) is 4.43 Å². The summed E-state index contributed by atoms with van der Waals surface area (Å²) in [5.41, 5.74) is 0. The zero-order valence-corrected chi connectivity index (χ0v) is 12.0. The molecular formula is C12H26O2Si. The predicted octanol–water partition coefficient (Wildman–Crippen LogP) is 3.33. The number of hydrogen-bond donors (Lipinski definition) is 1. The first kappa shape index (κ1) is 14.9. The van der Waals surface area contributed by atoms with E-state index in [1.807, 2.05) is 6.92 Å². The molecule has 0 saturated carbocycles. The van der Waals surface area contributed by atoms with Gasteiger partial charge in [0.05, 0.1) is 12.2 Å². The molecule has 0 rings (SSSR count). The van der Waals surface area contributed by atoms with Gasteiger partial charge in [0.15, 0.2) is 8.32 Å². The molecule has 0 bridgehead atoms. The summed E-state index contributed by atoms with van der Waals surface area (Å²) >= 11 is 0. The van der Waals surface area contributed by atoms with Gasteiger partial charge in [-0.15, -0.1) is 6.58 Å². The largest absolute Gasteiger partial charge is 0.412 e. The molecular weight excluding hydrogens is 204 g/mol. The van der Waals surface area contributed by atoms with E-state index in [0.717, 1.165) is 0 Å². The van der Waals surface area contributed by atoms with Gasteiger partial charge in [-0.05, 0) is 31.5 Å². The lowest BCUT2D eigenvalue weighted by Gasteiger charge is -2.39. The Bertz CT molecular complexity index is 206. The SMILES string of the molecule is C=CCC(O)[C@H](C)O[Si](C)(C)C(C)(C)C. The van der Waals surface area contributed by atoms with E-state index in [4.69, 9.17) is 4.43 Å². The van der Waals surface area contributed by atoms with Crippen LogP contribution in [0.3, 0.4) is 0 Å². The summed E-state index contributed by atoms with van der Waals surface area (Å²) in [5.74, 6) is 0. The third kappa shape index (κ3) is 4.49. The monoisotopic (exact) mass is 230 g/mol. The molecule has 0 aromatic rings. The maximum Gasteiger partial charge on any atom is 0.192 e. The molecule has 2 atom stereocenters. The van der Waals surface area contributed by atoms with E-state index < -0.39 is 14.4 Å². The van der Waals surface area contributed by atoms with Crippen LogP contribution in [0.25, 0.3) is 0 Å². The Morgan fingerprint density at radius 2 is 1.87 bits per heavy atom. The third-order valence-corrected chi connectivity index (χ3v) is 7.81. The Kier molecular flexibility index (Phi) is 5.24.